The van der Waals surface area contributed by atoms with Crippen LogP contribution in [0.2, 0.25) is 0 Å². The Hall–Kier alpha value is -1.81. The van der Waals surface area contributed by atoms with Crippen molar-refractivity contribution in [3.63, 3.8) is 0 Å². The number of nitrogens with two attached hydrogens (primary N) is 1. The number of aryl methyl sites for hydroxylation is 1. The molecule has 0 aliphatic rings. The second kappa shape index (κ2) is 4.37. The van der Waals surface area contributed by atoms with E-state index in [2.05, 4.69) is 5.10 Å². The van der Waals surface area contributed by atoms with E-state index in [9.17, 15) is 5.11 Å². The summed E-state index contributed by atoms with van der Waals surface area (Å²) in [5.74, 6) is 0.269. The number of nitrogens with zero attached hydrogens (tertiary/aromatic N) is 2. The molecule has 2 rings (SSSR count). The van der Waals surface area contributed by atoms with E-state index in [1.807, 2.05) is 29.8 Å². The normalized spacial score (nSPS) is 10.6. The third kappa shape index (κ3) is 1.92. The maximum atomic E-state index is 9.24. The molecule has 16 heavy (non-hydrogen) atoms. The number of rotatable bonds is 3. The molecule has 3 N–H and O–H groups in total. The predicted molar refractivity (Wildman–Crippen MR) is 62.9 cm³/mol. The molecule has 0 fully saturated rings. The van der Waals surface area contributed by atoms with Crippen molar-refractivity contribution in [1.82, 2.24) is 9.78 Å². The SMILES string of the molecule is CCn1nc(CN)cc1-c1ccc(O)cc1. The van der Waals surface area contributed by atoms with Crippen molar-refractivity contribution >= 4 is 0 Å². The van der Waals surface area contributed by atoms with Crippen LogP contribution in [0.3, 0.4) is 0 Å². The lowest BCUT2D eigenvalue weighted by molar-refractivity contribution is 0.475. The molecule has 0 aliphatic carbocycles. The van der Waals surface area contributed by atoms with Gasteiger partial charge < -0.3 is 10.8 Å². The number of hydrogen-bond acceptors (Lipinski definition) is 3. The summed E-state index contributed by atoms with van der Waals surface area (Å²) in [6.45, 7) is 3.28. The molecule has 0 atom stereocenters. The number of hydrogen-bond donors (Lipinski definition) is 2. The van der Waals surface area contributed by atoms with Crippen molar-refractivity contribution in [2.45, 2.75) is 20.0 Å². The number of phenolic OH excluding ortho intramolecular Hbond substituents is 1. The van der Waals surface area contributed by atoms with Crippen molar-refractivity contribution in [2.75, 3.05) is 0 Å². The summed E-state index contributed by atoms with van der Waals surface area (Å²) in [6.07, 6.45) is 0. The summed E-state index contributed by atoms with van der Waals surface area (Å²) in [4.78, 5) is 0. The second-order valence-electron chi connectivity index (χ2n) is 3.59. The summed E-state index contributed by atoms with van der Waals surface area (Å²) < 4.78 is 1.91. The first-order valence-corrected chi connectivity index (χ1v) is 5.30. The summed E-state index contributed by atoms with van der Waals surface area (Å²) in [5.41, 5.74) is 8.52. The van der Waals surface area contributed by atoms with Gasteiger partial charge >= 0.3 is 0 Å². The smallest absolute Gasteiger partial charge is 0.115 e. The minimum Gasteiger partial charge on any atom is -0.508 e. The van der Waals surface area contributed by atoms with Crippen LogP contribution < -0.4 is 5.73 Å². The van der Waals surface area contributed by atoms with Crippen LogP contribution in [0.1, 0.15) is 12.6 Å². The zero-order valence-corrected chi connectivity index (χ0v) is 9.22. The number of aromatic nitrogens is 2. The van der Waals surface area contributed by atoms with Crippen molar-refractivity contribution in [2.24, 2.45) is 5.73 Å². The Bertz CT molecular complexity index is 474. The van der Waals surface area contributed by atoms with Gasteiger partial charge in [0.2, 0.25) is 0 Å². The lowest BCUT2D eigenvalue weighted by atomic mass is 10.1. The quantitative estimate of drug-likeness (QED) is 0.823. The molecule has 1 heterocycles. The van der Waals surface area contributed by atoms with Crippen LogP contribution in [-0.2, 0) is 13.1 Å². The first kappa shape index (κ1) is 10.7. The number of phenols is 1. The van der Waals surface area contributed by atoms with Crippen LogP contribution in [0, 0.1) is 0 Å². The molecule has 84 valence electrons. The fourth-order valence-electron chi connectivity index (χ4n) is 1.68. The molecule has 1 aromatic heterocycles. The van der Waals surface area contributed by atoms with E-state index < -0.39 is 0 Å². The highest BCUT2D eigenvalue weighted by Gasteiger charge is 2.07. The average Bonchev–Trinajstić information content (AvgIpc) is 2.73. The predicted octanol–water partition coefficient (Wildman–Crippen LogP) is 1.73. The van der Waals surface area contributed by atoms with E-state index in [-0.39, 0.29) is 5.75 Å². The molecule has 0 spiro atoms. The van der Waals surface area contributed by atoms with Crippen molar-refractivity contribution < 1.29 is 5.11 Å². The standard InChI is InChI=1S/C12H15N3O/c1-2-15-12(7-10(8-13)14-15)9-3-5-11(16)6-4-9/h3-7,16H,2,8,13H2,1H3. The maximum Gasteiger partial charge on any atom is 0.115 e. The van der Waals surface area contributed by atoms with E-state index in [0.717, 1.165) is 23.5 Å². The van der Waals surface area contributed by atoms with E-state index in [4.69, 9.17) is 5.73 Å². The van der Waals surface area contributed by atoms with Gasteiger partial charge in [0.25, 0.3) is 0 Å². The van der Waals surface area contributed by atoms with E-state index >= 15 is 0 Å². The summed E-state index contributed by atoms with van der Waals surface area (Å²) in [7, 11) is 0. The van der Waals surface area contributed by atoms with Crippen LogP contribution in [0.4, 0.5) is 0 Å². The Morgan fingerprint density at radius 2 is 2.00 bits per heavy atom. The van der Waals surface area contributed by atoms with Crippen LogP contribution in [0.15, 0.2) is 30.3 Å². The van der Waals surface area contributed by atoms with Crippen LogP contribution in [0.25, 0.3) is 11.3 Å². The van der Waals surface area contributed by atoms with Crippen molar-refractivity contribution in [1.29, 1.82) is 0 Å². The average molecular weight is 217 g/mol. The Kier molecular flexibility index (Phi) is 2.92. The third-order valence-electron chi connectivity index (χ3n) is 2.50. The molecule has 4 nitrogen and oxygen atoms in total. The van der Waals surface area contributed by atoms with Gasteiger partial charge in [-0.25, -0.2) is 0 Å². The Labute approximate surface area is 94.3 Å². The largest absolute Gasteiger partial charge is 0.508 e. The van der Waals surface area contributed by atoms with Crippen LogP contribution in [0.5, 0.6) is 5.75 Å². The number of aromatic hydroxyl groups is 1. The van der Waals surface area contributed by atoms with Gasteiger partial charge in [0.05, 0.1) is 11.4 Å². The molecule has 0 saturated carbocycles. The lowest BCUT2D eigenvalue weighted by Crippen LogP contribution is -2.01. The molecule has 4 heteroatoms. The molecular formula is C12H15N3O. The minimum absolute atomic E-state index is 0.269. The summed E-state index contributed by atoms with van der Waals surface area (Å²) in [6, 6.07) is 9.07. The Morgan fingerprint density at radius 3 is 2.56 bits per heavy atom. The summed E-state index contributed by atoms with van der Waals surface area (Å²) in [5, 5.41) is 13.6. The maximum absolute atomic E-state index is 9.24. The molecule has 0 unspecified atom stereocenters. The second-order valence-corrected chi connectivity index (χ2v) is 3.59. The lowest BCUT2D eigenvalue weighted by Gasteiger charge is -2.04. The minimum atomic E-state index is 0.269. The van der Waals surface area contributed by atoms with Crippen molar-refractivity contribution in [3.8, 4) is 17.0 Å². The van der Waals surface area contributed by atoms with Gasteiger partial charge in [-0.2, -0.15) is 5.10 Å². The fraction of sp³-hybridized carbons (Fsp3) is 0.250. The highest BCUT2D eigenvalue weighted by Crippen LogP contribution is 2.22. The molecule has 0 aliphatic heterocycles. The van der Waals surface area contributed by atoms with Gasteiger partial charge in [0.15, 0.2) is 0 Å². The molecular weight excluding hydrogens is 202 g/mol. The molecule has 0 amide bonds. The van der Waals surface area contributed by atoms with Gasteiger partial charge in [0.1, 0.15) is 5.75 Å². The topological polar surface area (TPSA) is 64.1 Å². The molecule has 2 aromatic rings. The van der Waals surface area contributed by atoms with Gasteiger partial charge in [-0.15, -0.1) is 0 Å². The van der Waals surface area contributed by atoms with Gasteiger partial charge in [-0.05, 0) is 37.3 Å². The van der Waals surface area contributed by atoms with Gasteiger partial charge in [-0.3, -0.25) is 4.68 Å². The molecule has 1 aromatic carbocycles. The van der Waals surface area contributed by atoms with Crippen molar-refractivity contribution in [3.05, 3.63) is 36.0 Å². The first-order valence-electron chi connectivity index (χ1n) is 5.30. The fourth-order valence-corrected chi connectivity index (χ4v) is 1.68. The van der Waals surface area contributed by atoms with E-state index in [1.54, 1.807) is 12.1 Å². The first-order chi connectivity index (χ1) is 7.74. The molecule has 0 saturated heterocycles. The Morgan fingerprint density at radius 1 is 1.31 bits per heavy atom. The van der Waals surface area contributed by atoms with Gasteiger partial charge in [0, 0.05) is 18.7 Å². The van der Waals surface area contributed by atoms with Gasteiger partial charge in [-0.1, -0.05) is 0 Å². The Balaban J connectivity index is 2.45. The van der Waals surface area contributed by atoms with Crippen LogP contribution >= 0.6 is 0 Å². The zero-order chi connectivity index (χ0) is 11.5. The highest BCUT2D eigenvalue weighted by atomic mass is 16.3. The van der Waals surface area contributed by atoms with Crippen LogP contribution in [-0.4, -0.2) is 14.9 Å². The molecule has 0 radical (unpaired) electrons. The van der Waals surface area contributed by atoms with E-state index in [0.29, 0.717) is 6.54 Å². The highest BCUT2D eigenvalue weighted by molar-refractivity contribution is 5.61. The monoisotopic (exact) mass is 217 g/mol. The zero-order valence-electron chi connectivity index (χ0n) is 9.22. The molecule has 0 bridgehead atoms. The van der Waals surface area contributed by atoms with E-state index in [1.165, 1.54) is 0 Å². The summed E-state index contributed by atoms with van der Waals surface area (Å²) >= 11 is 0. The number of benzene rings is 1. The third-order valence-corrected chi connectivity index (χ3v) is 2.50.